The van der Waals surface area contributed by atoms with Crippen molar-refractivity contribution in [1.29, 1.82) is 0 Å². The van der Waals surface area contributed by atoms with Crippen molar-refractivity contribution in [1.82, 2.24) is 15.0 Å². The fourth-order valence-electron chi connectivity index (χ4n) is 2.47. The Hall–Kier alpha value is -3.19. The summed E-state index contributed by atoms with van der Waals surface area (Å²) < 4.78 is 64.6. The SMILES string of the molecule is CC(=O)Nc1ccc(S(=O)(=O)N[C@@H](C)C(=O)NCCNc2ccc(C(F)(F)F)cn2)cc1. The third-order valence-electron chi connectivity index (χ3n) is 4.03. The molecule has 0 saturated carbocycles. The summed E-state index contributed by atoms with van der Waals surface area (Å²) in [5.74, 6) is -0.693. The minimum Gasteiger partial charge on any atom is -0.368 e. The van der Waals surface area contributed by atoms with Crippen LogP contribution in [0.2, 0.25) is 0 Å². The van der Waals surface area contributed by atoms with E-state index in [0.717, 1.165) is 6.07 Å². The van der Waals surface area contributed by atoms with Gasteiger partial charge in [0.15, 0.2) is 0 Å². The van der Waals surface area contributed by atoms with Crippen LogP contribution in [0.15, 0.2) is 47.5 Å². The molecule has 0 radical (unpaired) electrons. The fraction of sp³-hybridized carbons (Fsp3) is 0.316. The third-order valence-corrected chi connectivity index (χ3v) is 5.59. The molecule has 2 amide bonds. The van der Waals surface area contributed by atoms with Crippen LogP contribution in [0.4, 0.5) is 24.7 Å². The summed E-state index contributed by atoms with van der Waals surface area (Å²) in [5.41, 5.74) is -0.445. The molecule has 1 atom stereocenters. The van der Waals surface area contributed by atoms with Gasteiger partial charge < -0.3 is 16.0 Å². The number of halogens is 3. The van der Waals surface area contributed by atoms with Gasteiger partial charge in [-0.05, 0) is 43.3 Å². The van der Waals surface area contributed by atoms with E-state index in [1.807, 2.05) is 0 Å². The number of carbonyl (C=O) groups excluding carboxylic acids is 2. The lowest BCUT2D eigenvalue weighted by atomic mass is 10.3. The van der Waals surface area contributed by atoms with Crippen molar-refractivity contribution in [3.63, 3.8) is 0 Å². The van der Waals surface area contributed by atoms with Crippen LogP contribution in [-0.2, 0) is 25.8 Å². The van der Waals surface area contributed by atoms with Crippen molar-refractivity contribution in [2.45, 2.75) is 31.0 Å². The summed E-state index contributed by atoms with van der Waals surface area (Å²) in [6.45, 7) is 2.93. The molecule has 1 aromatic carbocycles. The molecule has 0 unspecified atom stereocenters. The number of amides is 2. The van der Waals surface area contributed by atoms with Gasteiger partial charge in [-0.3, -0.25) is 9.59 Å². The highest BCUT2D eigenvalue weighted by Gasteiger charge is 2.30. The molecular formula is C19H22F3N5O4S. The smallest absolute Gasteiger partial charge is 0.368 e. The van der Waals surface area contributed by atoms with Gasteiger partial charge in [0.25, 0.3) is 0 Å². The maximum absolute atomic E-state index is 12.5. The minimum absolute atomic E-state index is 0.0821. The van der Waals surface area contributed by atoms with E-state index in [4.69, 9.17) is 0 Å². The molecule has 2 aromatic rings. The van der Waals surface area contributed by atoms with Gasteiger partial charge in [0.1, 0.15) is 5.82 Å². The number of carbonyl (C=O) groups is 2. The van der Waals surface area contributed by atoms with E-state index in [1.165, 1.54) is 44.2 Å². The van der Waals surface area contributed by atoms with Gasteiger partial charge in [0, 0.05) is 31.9 Å². The molecule has 0 bridgehead atoms. The molecule has 0 fully saturated rings. The van der Waals surface area contributed by atoms with E-state index in [1.54, 1.807) is 0 Å². The van der Waals surface area contributed by atoms with Crippen molar-refractivity contribution in [3.8, 4) is 0 Å². The Balaban J connectivity index is 1.81. The monoisotopic (exact) mass is 473 g/mol. The van der Waals surface area contributed by atoms with Crippen LogP contribution in [0.5, 0.6) is 0 Å². The lowest BCUT2D eigenvalue weighted by molar-refractivity contribution is -0.137. The number of nitrogens with zero attached hydrogens (tertiary/aromatic N) is 1. The maximum atomic E-state index is 12.5. The highest BCUT2D eigenvalue weighted by atomic mass is 32.2. The average molecular weight is 473 g/mol. The Morgan fingerprint density at radius 1 is 1.06 bits per heavy atom. The van der Waals surface area contributed by atoms with Gasteiger partial charge in [-0.25, -0.2) is 13.4 Å². The predicted octanol–water partition coefficient (Wildman–Crippen LogP) is 1.95. The molecule has 2 rings (SSSR count). The van der Waals surface area contributed by atoms with Crippen molar-refractivity contribution in [3.05, 3.63) is 48.2 Å². The fourth-order valence-corrected chi connectivity index (χ4v) is 3.67. The predicted molar refractivity (Wildman–Crippen MR) is 111 cm³/mol. The van der Waals surface area contributed by atoms with E-state index in [9.17, 15) is 31.2 Å². The summed E-state index contributed by atoms with van der Waals surface area (Å²) in [4.78, 5) is 26.7. The lowest BCUT2D eigenvalue weighted by Crippen LogP contribution is -2.45. The Bertz CT molecular complexity index is 1040. The van der Waals surface area contributed by atoms with Gasteiger partial charge in [0.2, 0.25) is 21.8 Å². The largest absolute Gasteiger partial charge is 0.417 e. The zero-order valence-corrected chi connectivity index (χ0v) is 18.0. The minimum atomic E-state index is -4.48. The lowest BCUT2D eigenvalue weighted by Gasteiger charge is -2.15. The summed E-state index contributed by atoms with van der Waals surface area (Å²) >= 11 is 0. The van der Waals surface area contributed by atoms with Crippen molar-refractivity contribution in [2.75, 3.05) is 23.7 Å². The molecule has 0 aliphatic rings. The van der Waals surface area contributed by atoms with E-state index < -0.39 is 33.7 Å². The number of aromatic nitrogens is 1. The van der Waals surface area contributed by atoms with Gasteiger partial charge in [-0.2, -0.15) is 17.9 Å². The van der Waals surface area contributed by atoms with Crippen LogP contribution in [-0.4, -0.2) is 44.3 Å². The van der Waals surface area contributed by atoms with Crippen LogP contribution in [0.1, 0.15) is 19.4 Å². The summed E-state index contributed by atoms with van der Waals surface area (Å²) in [7, 11) is -3.98. The number of anilines is 2. The highest BCUT2D eigenvalue weighted by Crippen LogP contribution is 2.28. The highest BCUT2D eigenvalue weighted by molar-refractivity contribution is 7.89. The second-order valence-corrected chi connectivity index (χ2v) is 8.41. The van der Waals surface area contributed by atoms with Crippen LogP contribution in [0.3, 0.4) is 0 Å². The first-order valence-electron chi connectivity index (χ1n) is 9.33. The molecule has 4 N–H and O–H groups in total. The molecule has 0 spiro atoms. The molecule has 9 nitrogen and oxygen atoms in total. The zero-order chi connectivity index (χ0) is 23.9. The maximum Gasteiger partial charge on any atom is 0.417 e. The van der Waals surface area contributed by atoms with E-state index >= 15 is 0 Å². The number of hydrogen-bond donors (Lipinski definition) is 4. The van der Waals surface area contributed by atoms with Gasteiger partial charge >= 0.3 is 6.18 Å². The van der Waals surface area contributed by atoms with Crippen LogP contribution < -0.4 is 20.7 Å². The Morgan fingerprint density at radius 2 is 1.72 bits per heavy atom. The first-order chi connectivity index (χ1) is 14.9. The molecule has 1 aromatic heterocycles. The standard InChI is InChI=1S/C19H22F3N5O4S/c1-12(27-32(30,31)16-6-4-15(5-7-16)26-13(2)28)18(29)24-10-9-23-17-8-3-14(11-25-17)19(20,21)22/h3-8,11-12,27H,9-10H2,1-2H3,(H,23,25)(H,24,29)(H,26,28)/t12-/m0/s1. The van der Waals surface area contributed by atoms with E-state index in [2.05, 4.69) is 25.7 Å². The van der Waals surface area contributed by atoms with E-state index in [-0.39, 0.29) is 29.7 Å². The molecular weight excluding hydrogens is 451 g/mol. The molecule has 0 saturated heterocycles. The number of benzene rings is 1. The third kappa shape index (κ3) is 7.50. The zero-order valence-electron chi connectivity index (χ0n) is 17.2. The Morgan fingerprint density at radius 3 is 2.25 bits per heavy atom. The summed E-state index contributed by atoms with van der Waals surface area (Å²) in [5, 5.41) is 7.77. The number of nitrogens with one attached hydrogen (secondary N) is 4. The first-order valence-corrected chi connectivity index (χ1v) is 10.8. The first kappa shape index (κ1) is 25.1. The average Bonchev–Trinajstić information content (AvgIpc) is 2.70. The van der Waals surface area contributed by atoms with Crippen molar-refractivity contribution >= 4 is 33.3 Å². The Kier molecular flexibility index (Phi) is 8.16. The molecule has 32 heavy (non-hydrogen) atoms. The number of hydrogen-bond acceptors (Lipinski definition) is 6. The quantitative estimate of drug-likeness (QED) is 0.412. The number of sulfonamides is 1. The molecule has 174 valence electrons. The van der Waals surface area contributed by atoms with Gasteiger partial charge in [0.05, 0.1) is 16.5 Å². The number of rotatable bonds is 9. The molecule has 13 heteroatoms. The van der Waals surface area contributed by atoms with Crippen LogP contribution in [0, 0.1) is 0 Å². The van der Waals surface area contributed by atoms with Crippen LogP contribution in [0.25, 0.3) is 0 Å². The van der Waals surface area contributed by atoms with Gasteiger partial charge in [-0.1, -0.05) is 0 Å². The second-order valence-electron chi connectivity index (χ2n) is 6.70. The normalized spacial score (nSPS) is 12.7. The number of alkyl halides is 3. The summed E-state index contributed by atoms with van der Waals surface area (Å²) in [6.07, 6.45) is -3.78. The summed E-state index contributed by atoms with van der Waals surface area (Å²) in [6, 6.07) is 6.38. The van der Waals surface area contributed by atoms with Crippen molar-refractivity contribution in [2.24, 2.45) is 0 Å². The van der Waals surface area contributed by atoms with Gasteiger partial charge in [-0.15, -0.1) is 0 Å². The topological polar surface area (TPSA) is 129 Å². The molecule has 0 aliphatic carbocycles. The molecule has 0 aliphatic heterocycles. The van der Waals surface area contributed by atoms with Crippen LogP contribution >= 0.6 is 0 Å². The second kappa shape index (κ2) is 10.4. The Labute approximate surface area is 182 Å². The molecule has 1 heterocycles. The van der Waals surface area contributed by atoms with Crippen molar-refractivity contribution < 1.29 is 31.2 Å². The number of pyridine rings is 1. The van der Waals surface area contributed by atoms with E-state index in [0.29, 0.717) is 11.9 Å².